The molecule has 2 N–H and O–H groups in total. The van der Waals surface area contributed by atoms with E-state index in [2.05, 4.69) is 20.8 Å². The standard InChI is InChI=1S/C18H14ClN5O3S/c1-11(25)21-17-16(13-5-7-14(19)8-6-13)22-18(28-17)23-20-10-12-3-2-4-15(9-12)24(26)27/h2-10H,1H3,(H,21,25)(H,22,23)/b20-10-. The third-order valence-corrected chi connectivity index (χ3v) is 4.62. The second-order valence-corrected chi connectivity index (χ2v) is 7.04. The summed E-state index contributed by atoms with van der Waals surface area (Å²) in [7, 11) is 0. The van der Waals surface area contributed by atoms with E-state index in [1.54, 1.807) is 36.4 Å². The van der Waals surface area contributed by atoms with E-state index in [1.165, 1.54) is 36.6 Å². The fourth-order valence-corrected chi connectivity index (χ4v) is 3.31. The van der Waals surface area contributed by atoms with Crippen molar-refractivity contribution in [1.82, 2.24) is 4.98 Å². The molecule has 0 radical (unpaired) electrons. The number of thiazole rings is 1. The number of aromatic nitrogens is 1. The molecule has 1 amide bonds. The summed E-state index contributed by atoms with van der Waals surface area (Å²) in [5, 5.41) is 19.3. The number of anilines is 2. The molecular weight excluding hydrogens is 402 g/mol. The molecule has 0 spiro atoms. The lowest BCUT2D eigenvalue weighted by molar-refractivity contribution is -0.384. The molecule has 0 atom stereocenters. The zero-order valence-corrected chi connectivity index (χ0v) is 16.1. The number of non-ortho nitro benzene ring substituents is 1. The number of nitro benzene ring substituents is 1. The number of hydrogen-bond donors (Lipinski definition) is 2. The molecule has 28 heavy (non-hydrogen) atoms. The Morgan fingerprint density at radius 1 is 1.29 bits per heavy atom. The van der Waals surface area contributed by atoms with E-state index in [-0.39, 0.29) is 11.6 Å². The molecule has 0 aliphatic heterocycles. The average molecular weight is 416 g/mol. The fourth-order valence-electron chi connectivity index (χ4n) is 2.30. The molecule has 0 aliphatic carbocycles. The summed E-state index contributed by atoms with van der Waals surface area (Å²) >= 11 is 7.15. The number of nitro groups is 1. The molecule has 2 aromatic carbocycles. The first-order chi connectivity index (χ1) is 13.4. The summed E-state index contributed by atoms with van der Waals surface area (Å²) in [6, 6.07) is 13.2. The minimum atomic E-state index is -0.469. The number of halogens is 1. The molecular formula is C18H14ClN5O3S. The summed E-state index contributed by atoms with van der Waals surface area (Å²) in [6.07, 6.45) is 1.45. The van der Waals surface area contributed by atoms with E-state index in [0.29, 0.717) is 26.4 Å². The number of nitrogens with one attached hydrogen (secondary N) is 2. The van der Waals surface area contributed by atoms with E-state index in [4.69, 9.17) is 11.6 Å². The van der Waals surface area contributed by atoms with Gasteiger partial charge >= 0.3 is 0 Å². The van der Waals surface area contributed by atoms with Crippen LogP contribution in [0, 0.1) is 10.1 Å². The van der Waals surface area contributed by atoms with Crippen LogP contribution in [0.25, 0.3) is 11.3 Å². The smallest absolute Gasteiger partial charge is 0.270 e. The van der Waals surface area contributed by atoms with Gasteiger partial charge in [0.05, 0.1) is 11.1 Å². The Labute approximate surface area is 169 Å². The summed E-state index contributed by atoms with van der Waals surface area (Å²) in [5.41, 5.74) is 4.72. The Hall–Kier alpha value is -3.30. The van der Waals surface area contributed by atoms with Gasteiger partial charge in [-0.1, -0.05) is 47.2 Å². The Balaban J connectivity index is 1.82. The van der Waals surface area contributed by atoms with Gasteiger partial charge < -0.3 is 5.32 Å². The lowest BCUT2D eigenvalue weighted by Crippen LogP contribution is -2.05. The minimum absolute atomic E-state index is 0.0174. The maximum Gasteiger partial charge on any atom is 0.270 e. The van der Waals surface area contributed by atoms with Crippen LogP contribution in [-0.2, 0) is 4.79 Å². The van der Waals surface area contributed by atoms with Crippen molar-refractivity contribution in [3.63, 3.8) is 0 Å². The van der Waals surface area contributed by atoms with E-state index < -0.39 is 4.92 Å². The highest BCUT2D eigenvalue weighted by Crippen LogP contribution is 2.36. The molecule has 0 aliphatic rings. The lowest BCUT2D eigenvalue weighted by Gasteiger charge is -2.02. The zero-order chi connectivity index (χ0) is 20.1. The molecule has 0 unspecified atom stereocenters. The van der Waals surface area contributed by atoms with Gasteiger partial charge in [0.1, 0.15) is 10.7 Å². The van der Waals surface area contributed by atoms with Crippen molar-refractivity contribution < 1.29 is 9.72 Å². The zero-order valence-electron chi connectivity index (χ0n) is 14.5. The Morgan fingerprint density at radius 2 is 2.04 bits per heavy atom. The van der Waals surface area contributed by atoms with Crippen LogP contribution < -0.4 is 10.7 Å². The Bertz CT molecular complexity index is 1050. The van der Waals surface area contributed by atoms with Crippen molar-refractivity contribution >= 4 is 50.9 Å². The summed E-state index contributed by atoms with van der Waals surface area (Å²) in [6.45, 7) is 1.42. The summed E-state index contributed by atoms with van der Waals surface area (Å²) < 4.78 is 0. The van der Waals surface area contributed by atoms with E-state index in [0.717, 1.165) is 5.56 Å². The van der Waals surface area contributed by atoms with Crippen LogP contribution >= 0.6 is 22.9 Å². The molecule has 8 nitrogen and oxygen atoms in total. The Morgan fingerprint density at radius 3 is 2.71 bits per heavy atom. The number of carbonyl (C=O) groups is 1. The van der Waals surface area contributed by atoms with Crippen LogP contribution in [0.15, 0.2) is 53.6 Å². The monoisotopic (exact) mass is 415 g/mol. The molecule has 1 aromatic heterocycles. The largest absolute Gasteiger partial charge is 0.316 e. The number of benzene rings is 2. The van der Waals surface area contributed by atoms with Gasteiger partial charge in [0.15, 0.2) is 0 Å². The SMILES string of the molecule is CC(=O)Nc1sc(N/N=C\c2cccc([N+](=O)[O-])c2)nc1-c1ccc(Cl)cc1. The Kier molecular flexibility index (Phi) is 5.97. The van der Waals surface area contributed by atoms with Gasteiger partial charge in [-0.15, -0.1) is 0 Å². The van der Waals surface area contributed by atoms with Crippen molar-refractivity contribution in [2.45, 2.75) is 6.92 Å². The third-order valence-electron chi connectivity index (χ3n) is 3.49. The van der Waals surface area contributed by atoms with Crippen LogP contribution in [-0.4, -0.2) is 22.0 Å². The van der Waals surface area contributed by atoms with Gasteiger partial charge in [0.25, 0.3) is 5.69 Å². The number of rotatable bonds is 6. The molecule has 142 valence electrons. The predicted molar refractivity (Wildman–Crippen MR) is 111 cm³/mol. The van der Waals surface area contributed by atoms with Crippen LogP contribution in [0.4, 0.5) is 15.8 Å². The second kappa shape index (κ2) is 8.59. The summed E-state index contributed by atoms with van der Waals surface area (Å²) in [4.78, 5) is 26.3. The van der Waals surface area contributed by atoms with E-state index in [1.807, 2.05) is 0 Å². The minimum Gasteiger partial charge on any atom is -0.316 e. The van der Waals surface area contributed by atoms with Crippen molar-refractivity contribution in [2.75, 3.05) is 10.7 Å². The van der Waals surface area contributed by atoms with Crippen LogP contribution in [0.3, 0.4) is 0 Å². The van der Waals surface area contributed by atoms with E-state index in [9.17, 15) is 14.9 Å². The number of hydrazone groups is 1. The first-order valence-corrected chi connectivity index (χ1v) is 9.19. The first-order valence-electron chi connectivity index (χ1n) is 8.00. The molecule has 0 bridgehead atoms. The highest BCUT2D eigenvalue weighted by atomic mass is 35.5. The second-order valence-electron chi connectivity index (χ2n) is 5.61. The van der Waals surface area contributed by atoms with Gasteiger partial charge in [0, 0.05) is 35.2 Å². The van der Waals surface area contributed by atoms with Gasteiger partial charge in [-0.3, -0.25) is 20.3 Å². The fraction of sp³-hybridized carbons (Fsp3) is 0.0556. The number of carbonyl (C=O) groups excluding carboxylic acids is 1. The topological polar surface area (TPSA) is 110 Å². The van der Waals surface area contributed by atoms with Crippen molar-refractivity contribution in [3.05, 3.63) is 69.2 Å². The van der Waals surface area contributed by atoms with Crippen molar-refractivity contribution in [1.29, 1.82) is 0 Å². The maximum atomic E-state index is 11.5. The van der Waals surface area contributed by atoms with Crippen LogP contribution in [0.5, 0.6) is 0 Å². The van der Waals surface area contributed by atoms with Gasteiger partial charge in [-0.2, -0.15) is 5.10 Å². The van der Waals surface area contributed by atoms with Gasteiger partial charge in [-0.25, -0.2) is 4.98 Å². The first kappa shape index (κ1) is 19.5. The normalized spacial score (nSPS) is 10.8. The molecule has 10 heteroatoms. The molecule has 1 heterocycles. The summed E-state index contributed by atoms with van der Waals surface area (Å²) in [5.74, 6) is -0.217. The molecule has 3 aromatic rings. The van der Waals surface area contributed by atoms with Crippen LogP contribution in [0.2, 0.25) is 5.02 Å². The number of hydrogen-bond acceptors (Lipinski definition) is 7. The lowest BCUT2D eigenvalue weighted by atomic mass is 10.2. The molecule has 0 saturated carbocycles. The van der Waals surface area contributed by atoms with Crippen molar-refractivity contribution in [2.24, 2.45) is 5.10 Å². The van der Waals surface area contributed by atoms with Gasteiger partial charge in [0.2, 0.25) is 11.0 Å². The quantitative estimate of drug-likeness (QED) is 0.342. The number of nitrogens with zero attached hydrogens (tertiary/aromatic N) is 3. The average Bonchev–Trinajstić information content (AvgIpc) is 3.04. The maximum absolute atomic E-state index is 11.5. The van der Waals surface area contributed by atoms with E-state index >= 15 is 0 Å². The highest BCUT2D eigenvalue weighted by Gasteiger charge is 2.14. The molecule has 0 saturated heterocycles. The van der Waals surface area contributed by atoms with Crippen molar-refractivity contribution in [3.8, 4) is 11.3 Å². The highest BCUT2D eigenvalue weighted by molar-refractivity contribution is 7.20. The molecule has 3 rings (SSSR count). The number of amides is 1. The predicted octanol–water partition coefficient (Wildman–Crippen LogP) is 4.78. The van der Waals surface area contributed by atoms with Gasteiger partial charge in [-0.05, 0) is 12.1 Å². The third kappa shape index (κ3) is 4.90. The molecule has 0 fully saturated rings. The van der Waals surface area contributed by atoms with Crippen LogP contribution in [0.1, 0.15) is 12.5 Å².